The summed E-state index contributed by atoms with van der Waals surface area (Å²) in [5.41, 5.74) is 0. The molecule has 0 fully saturated rings. The van der Waals surface area contributed by atoms with Crippen LogP contribution in [-0.4, -0.2) is 0 Å². The van der Waals surface area contributed by atoms with Gasteiger partial charge in [-0.3, -0.25) is 0 Å². The Morgan fingerprint density at radius 1 is 1.00 bits per heavy atom. The van der Waals surface area contributed by atoms with E-state index in [0.717, 1.165) is 18.3 Å². The Labute approximate surface area is 70.5 Å². The molecule has 0 heterocycles. The quantitative estimate of drug-likeness (QED) is 0.611. The van der Waals surface area contributed by atoms with Crippen molar-refractivity contribution in [3.8, 4) is 0 Å². The van der Waals surface area contributed by atoms with Gasteiger partial charge in [-0.05, 0) is 0 Å². The summed E-state index contributed by atoms with van der Waals surface area (Å²) in [6, 6.07) is 0. The molecule has 0 aromatic carbocycles. The van der Waals surface area contributed by atoms with E-state index in [9.17, 15) is 0 Å². The molecule has 0 aliphatic carbocycles. The fraction of sp³-hybridized carbons (Fsp3) is 0. The molecule has 0 N–H and O–H groups in total. The first-order chi connectivity index (χ1) is 3.00. The van der Waals surface area contributed by atoms with Gasteiger partial charge in [-0.15, -0.1) is 0 Å². The molecule has 1 nitrogen and oxygen atoms in total. The van der Waals surface area contributed by atoms with Crippen molar-refractivity contribution in [2.75, 3.05) is 0 Å². The molecule has 0 aliphatic heterocycles. The first-order valence-corrected chi connectivity index (χ1v) is 11.8. The maximum absolute atomic E-state index is 8.18. The van der Waals surface area contributed by atoms with Crippen molar-refractivity contribution in [2.24, 2.45) is 0 Å². The van der Waals surface area contributed by atoms with Crippen molar-refractivity contribution < 1.29 is 33.7 Å². The molecular weight excluding hydrogens is 355 g/mol. The van der Waals surface area contributed by atoms with Crippen LogP contribution in [0.3, 0.4) is 0 Å². The van der Waals surface area contributed by atoms with Gasteiger partial charge in [-0.25, -0.2) is 0 Å². The second-order valence-electron chi connectivity index (χ2n) is 0.350. The standard InChI is InChI=1S/4ClH.Mo.O.Ru/h4*1H;;;/q;;;;+4;;/p-4. The Morgan fingerprint density at radius 2 is 1.00 bits per heavy atom. The van der Waals surface area contributed by atoms with Crippen LogP contribution in [0.25, 0.3) is 0 Å². The molecule has 48 valence electrons. The van der Waals surface area contributed by atoms with E-state index in [2.05, 4.69) is 0 Å². The van der Waals surface area contributed by atoms with Crippen molar-refractivity contribution in [1.29, 1.82) is 0 Å². The Balaban J connectivity index is 0. The van der Waals surface area contributed by atoms with Crippen LogP contribution in [0, 0.1) is 0 Å². The zero-order valence-corrected chi connectivity index (χ0v) is 9.45. The molecule has 0 rings (SSSR count). The maximum atomic E-state index is 8.18. The first kappa shape index (κ1) is 12.0. The van der Waals surface area contributed by atoms with Gasteiger partial charge in [0.1, 0.15) is 0 Å². The zero-order chi connectivity index (χ0) is 6.50. The Hall–Kier alpha value is 2.27. The molecule has 0 saturated carbocycles. The summed E-state index contributed by atoms with van der Waals surface area (Å²) in [5, 5.41) is 0. The van der Waals surface area contributed by atoms with Crippen LogP contribution in [0.15, 0.2) is 0 Å². The average molecular weight is 355 g/mol. The summed E-state index contributed by atoms with van der Waals surface area (Å²) in [5.74, 6) is 0. The van der Waals surface area contributed by atoms with Gasteiger partial charge in [0, 0.05) is 0 Å². The molecule has 7 heteroatoms. The van der Waals surface area contributed by atoms with Gasteiger partial charge in [0.25, 0.3) is 0 Å². The van der Waals surface area contributed by atoms with Crippen molar-refractivity contribution in [1.82, 2.24) is 0 Å². The summed E-state index contributed by atoms with van der Waals surface area (Å²) in [7, 11) is 20.1. The fourth-order valence-corrected chi connectivity index (χ4v) is 0. The van der Waals surface area contributed by atoms with E-state index in [1.807, 2.05) is 0 Å². The molecule has 0 aliphatic rings. The predicted octanol–water partition coefficient (Wildman–Crippen LogP) is 2.63. The van der Waals surface area contributed by atoms with E-state index in [0.29, 0.717) is 0 Å². The van der Waals surface area contributed by atoms with Crippen LogP contribution in [0.4, 0.5) is 0 Å². The molecule has 0 spiro atoms. The normalized spacial score (nSPS) is 11.6. The monoisotopic (exact) mass is 356 g/mol. The molecule has 0 aromatic rings. The summed E-state index contributed by atoms with van der Waals surface area (Å²) in [6.07, 6.45) is 0. The summed E-state index contributed by atoms with van der Waals surface area (Å²) in [6.45, 7) is 0. The predicted molar refractivity (Wildman–Crippen MR) is 24.1 cm³/mol. The van der Waals surface area contributed by atoms with Crippen LogP contribution >= 0.6 is 37.7 Å². The fourth-order valence-electron chi connectivity index (χ4n) is 0. The molecule has 0 unspecified atom stereocenters. The number of hydrogen-bond donors (Lipinski definition) is 0. The van der Waals surface area contributed by atoms with Gasteiger partial charge in [-0.1, -0.05) is 0 Å². The van der Waals surface area contributed by atoms with Crippen molar-refractivity contribution in [3.63, 3.8) is 0 Å². The Morgan fingerprint density at radius 3 is 1.00 bits per heavy atom. The van der Waals surface area contributed by atoms with Crippen LogP contribution in [0.2, 0.25) is 0 Å². The van der Waals surface area contributed by atoms with Crippen LogP contribution in [0.1, 0.15) is 0 Å². The summed E-state index contributed by atoms with van der Waals surface area (Å²) in [4.78, 5) is 0. The van der Waals surface area contributed by atoms with Crippen LogP contribution < -0.4 is 0 Å². The van der Waals surface area contributed by atoms with Crippen molar-refractivity contribution >= 4 is 37.7 Å². The van der Waals surface area contributed by atoms with Crippen molar-refractivity contribution in [2.45, 2.75) is 0 Å². The van der Waals surface area contributed by atoms with E-state index in [1.165, 1.54) is 0 Å². The van der Waals surface area contributed by atoms with Crippen molar-refractivity contribution in [3.05, 3.63) is 0 Å². The molecular formula is Cl4MoORu. The Bertz CT molecular complexity index is 35.4. The number of halogens is 4. The summed E-state index contributed by atoms with van der Waals surface area (Å²) < 4.78 is 8.18. The van der Waals surface area contributed by atoms with Crippen LogP contribution in [-0.2, 0) is 33.7 Å². The summed E-state index contributed by atoms with van der Waals surface area (Å²) >= 11 is -2.03. The second-order valence-corrected chi connectivity index (χ2v) is 18.6. The average Bonchev–Trinajstić information content (AvgIpc) is 1.36. The van der Waals surface area contributed by atoms with E-state index in [1.54, 1.807) is 0 Å². The van der Waals surface area contributed by atoms with E-state index >= 15 is 0 Å². The number of rotatable bonds is 0. The first-order valence-electron chi connectivity index (χ1n) is 0.762. The third kappa shape index (κ3) is 63.0. The topological polar surface area (TPSA) is 17.1 Å². The molecule has 0 radical (unpaired) electrons. The van der Waals surface area contributed by atoms with E-state index in [-0.39, 0.29) is 0 Å². The molecule has 0 aromatic heterocycles. The van der Waals surface area contributed by atoms with Gasteiger partial charge >= 0.3 is 71.4 Å². The molecule has 0 amide bonds. The Kier molecular flexibility index (Phi) is 11.0. The van der Waals surface area contributed by atoms with E-state index < -0.39 is 11.9 Å². The van der Waals surface area contributed by atoms with Crippen LogP contribution in [0.5, 0.6) is 0 Å². The molecule has 0 bridgehead atoms. The molecule has 7 heavy (non-hydrogen) atoms. The van der Waals surface area contributed by atoms with Gasteiger partial charge in [0.15, 0.2) is 0 Å². The molecule has 0 saturated heterocycles. The minimum atomic E-state index is -3.13. The zero-order valence-electron chi connectivity index (χ0n) is 2.68. The van der Waals surface area contributed by atoms with Gasteiger partial charge in [0.05, 0.1) is 0 Å². The SMILES string of the molecule is [Cl][Mo]([Cl])([Cl])[Cl].[O]=[Ru]. The molecule has 0 atom stereocenters. The van der Waals surface area contributed by atoms with Gasteiger partial charge in [-0.2, -0.15) is 0 Å². The minimum absolute atomic E-state index is 1.10. The van der Waals surface area contributed by atoms with Gasteiger partial charge < -0.3 is 0 Å². The number of hydrogen-bond acceptors (Lipinski definition) is 1. The van der Waals surface area contributed by atoms with Gasteiger partial charge in [0.2, 0.25) is 0 Å². The van der Waals surface area contributed by atoms with E-state index in [4.69, 9.17) is 41.2 Å². The third-order valence-corrected chi connectivity index (χ3v) is 0. The second kappa shape index (κ2) is 6.39. The third-order valence-electron chi connectivity index (χ3n) is 0.